The molecule has 1 aliphatic heterocycles. The average Bonchev–Trinajstić information content (AvgIpc) is 2.39. The summed E-state index contributed by atoms with van der Waals surface area (Å²) < 4.78 is 6.15. The second-order valence-electron chi connectivity index (χ2n) is 4.41. The lowest BCUT2D eigenvalue weighted by Gasteiger charge is -2.16. The van der Waals surface area contributed by atoms with Crippen molar-refractivity contribution in [3.63, 3.8) is 0 Å². The SMILES string of the molecule is COc1ccc2c(c1)N=C1C=CC(C)=CC1[N+]2=O. The van der Waals surface area contributed by atoms with Gasteiger partial charge in [-0.1, -0.05) is 6.08 Å². The van der Waals surface area contributed by atoms with Gasteiger partial charge in [0.2, 0.25) is 0 Å². The molecule has 0 fully saturated rings. The van der Waals surface area contributed by atoms with Crippen LogP contribution in [0.4, 0.5) is 11.4 Å². The summed E-state index contributed by atoms with van der Waals surface area (Å²) in [6.45, 7) is 1.98. The molecule has 1 aliphatic carbocycles. The van der Waals surface area contributed by atoms with Gasteiger partial charge >= 0.3 is 0 Å². The Morgan fingerprint density at radius 3 is 2.94 bits per heavy atom. The molecule has 0 amide bonds. The Morgan fingerprint density at radius 1 is 1.33 bits per heavy atom. The van der Waals surface area contributed by atoms with E-state index in [4.69, 9.17) is 4.74 Å². The Labute approximate surface area is 105 Å². The van der Waals surface area contributed by atoms with Crippen LogP contribution in [0.3, 0.4) is 0 Å². The van der Waals surface area contributed by atoms with Crippen LogP contribution in [0, 0.1) is 4.91 Å². The van der Waals surface area contributed by atoms with Crippen molar-refractivity contribution < 1.29 is 9.50 Å². The molecule has 4 nitrogen and oxygen atoms in total. The highest BCUT2D eigenvalue weighted by Gasteiger charge is 2.37. The topological polar surface area (TPSA) is 41.7 Å². The largest absolute Gasteiger partial charge is 0.497 e. The molecule has 0 radical (unpaired) electrons. The Bertz CT molecular complexity index is 627. The molecule has 1 aromatic carbocycles. The molecule has 18 heavy (non-hydrogen) atoms. The third-order valence-corrected chi connectivity index (χ3v) is 3.16. The van der Waals surface area contributed by atoms with Gasteiger partial charge in [-0.05, 0) is 30.7 Å². The highest BCUT2D eigenvalue weighted by molar-refractivity contribution is 6.04. The first-order valence-corrected chi connectivity index (χ1v) is 5.78. The van der Waals surface area contributed by atoms with Crippen molar-refractivity contribution in [2.45, 2.75) is 13.0 Å². The minimum Gasteiger partial charge on any atom is -0.497 e. The molecule has 0 saturated carbocycles. The predicted octanol–water partition coefficient (Wildman–Crippen LogP) is 3.08. The van der Waals surface area contributed by atoms with Gasteiger partial charge in [0.15, 0.2) is 0 Å². The van der Waals surface area contributed by atoms with Crippen molar-refractivity contribution in [3.8, 4) is 5.75 Å². The maximum atomic E-state index is 12.3. The number of rotatable bonds is 1. The summed E-state index contributed by atoms with van der Waals surface area (Å²) in [6.07, 6.45) is 5.79. The summed E-state index contributed by atoms with van der Waals surface area (Å²) in [6, 6.07) is 5.00. The van der Waals surface area contributed by atoms with Crippen molar-refractivity contribution in [1.82, 2.24) is 0 Å². The van der Waals surface area contributed by atoms with Crippen molar-refractivity contribution in [3.05, 3.63) is 46.9 Å². The number of nitroso groups, excluding NO2 is 1. The van der Waals surface area contributed by atoms with Crippen LogP contribution in [0.15, 0.2) is 47.0 Å². The van der Waals surface area contributed by atoms with Crippen LogP contribution in [-0.2, 0) is 0 Å². The van der Waals surface area contributed by atoms with Gasteiger partial charge in [-0.25, -0.2) is 4.99 Å². The number of allylic oxidation sites excluding steroid dienone is 2. The van der Waals surface area contributed by atoms with E-state index < -0.39 is 0 Å². The zero-order valence-corrected chi connectivity index (χ0v) is 10.3. The summed E-state index contributed by atoms with van der Waals surface area (Å²) in [5.74, 6) is 0.705. The van der Waals surface area contributed by atoms with Crippen molar-refractivity contribution >= 4 is 17.1 Å². The van der Waals surface area contributed by atoms with Crippen molar-refractivity contribution in [2.75, 3.05) is 7.11 Å². The average molecular weight is 241 g/mol. The molecular weight excluding hydrogens is 228 g/mol. The van der Waals surface area contributed by atoms with E-state index in [9.17, 15) is 4.91 Å². The fourth-order valence-electron chi connectivity index (χ4n) is 2.19. The summed E-state index contributed by atoms with van der Waals surface area (Å²) in [5, 5.41) is 0. The first-order chi connectivity index (χ1) is 8.69. The van der Waals surface area contributed by atoms with Gasteiger partial charge < -0.3 is 4.74 Å². The number of methoxy groups -OCH3 is 1. The Morgan fingerprint density at radius 2 is 2.17 bits per heavy atom. The summed E-state index contributed by atoms with van der Waals surface area (Å²) in [7, 11) is 1.60. The maximum absolute atomic E-state index is 12.3. The third kappa shape index (κ3) is 1.57. The Balaban J connectivity index is 2.15. The van der Waals surface area contributed by atoms with Crippen molar-refractivity contribution in [2.24, 2.45) is 4.99 Å². The monoisotopic (exact) mass is 241 g/mol. The molecule has 3 rings (SSSR count). The van der Waals surface area contributed by atoms with E-state index in [1.54, 1.807) is 25.3 Å². The molecule has 1 heterocycles. The molecule has 1 unspecified atom stereocenters. The molecule has 0 aromatic heterocycles. The number of nitrogens with zero attached hydrogens (tertiary/aromatic N) is 2. The molecule has 1 aromatic rings. The zero-order chi connectivity index (χ0) is 12.7. The first kappa shape index (κ1) is 10.9. The van der Waals surface area contributed by atoms with Gasteiger partial charge in [0.25, 0.3) is 11.7 Å². The van der Waals surface area contributed by atoms with Gasteiger partial charge in [-0.15, -0.1) is 0 Å². The maximum Gasteiger partial charge on any atom is 0.283 e. The number of ether oxygens (including phenoxy) is 1. The first-order valence-electron chi connectivity index (χ1n) is 5.78. The van der Waals surface area contributed by atoms with Crippen LogP contribution >= 0.6 is 0 Å². The van der Waals surface area contributed by atoms with Gasteiger partial charge in [-0.2, -0.15) is 0 Å². The normalized spacial score (nSPS) is 20.8. The zero-order valence-electron chi connectivity index (χ0n) is 10.3. The summed E-state index contributed by atoms with van der Waals surface area (Å²) in [5.41, 5.74) is 3.10. The standard InChI is InChI=1S/C14H13N2O2/c1-9-3-5-11-14(7-9)16(17)13-6-4-10(18-2)8-12(13)15-11/h3-8,14H,1-2H3/q+1. The van der Waals surface area contributed by atoms with Gasteiger partial charge in [0.1, 0.15) is 17.1 Å². The number of benzene rings is 1. The van der Waals surface area contributed by atoms with E-state index in [0.29, 0.717) is 17.1 Å². The minimum atomic E-state index is -0.309. The van der Waals surface area contributed by atoms with Gasteiger partial charge in [-0.3, -0.25) is 0 Å². The summed E-state index contributed by atoms with van der Waals surface area (Å²) >= 11 is 0. The number of aliphatic imine (C=N–C) groups is 1. The number of hydrogen-bond donors (Lipinski definition) is 0. The lowest BCUT2D eigenvalue weighted by Crippen LogP contribution is -2.31. The van der Waals surface area contributed by atoms with E-state index in [2.05, 4.69) is 4.99 Å². The third-order valence-electron chi connectivity index (χ3n) is 3.16. The van der Waals surface area contributed by atoms with E-state index >= 15 is 0 Å². The van der Waals surface area contributed by atoms with Gasteiger partial charge in [0, 0.05) is 17.0 Å². The van der Waals surface area contributed by atoms with Crippen molar-refractivity contribution in [1.29, 1.82) is 0 Å². The van der Waals surface area contributed by atoms with E-state index in [0.717, 1.165) is 16.0 Å². The Kier molecular flexibility index (Phi) is 2.37. The smallest absolute Gasteiger partial charge is 0.283 e. The molecule has 0 N–H and O–H groups in total. The van der Waals surface area contributed by atoms with Gasteiger partial charge in [0.05, 0.1) is 11.9 Å². The molecule has 90 valence electrons. The molecule has 1 atom stereocenters. The molecule has 2 aliphatic rings. The molecule has 4 heteroatoms. The molecule has 0 saturated heterocycles. The fraction of sp³-hybridized carbons (Fsp3) is 0.214. The van der Waals surface area contributed by atoms with Crippen LogP contribution in [0.2, 0.25) is 0 Å². The quantitative estimate of drug-likeness (QED) is 0.709. The molecule has 0 spiro atoms. The number of hydrogen-bond acceptors (Lipinski definition) is 3. The van der Waals surface area contributed by atoms with E-state index in [1.165, 1.54) is 0 Å². The highest BCUT2D eigenvalue weighted by atomic mass is 16.5. The molecule has 0 bridgehead atoms. The van der Waals surface area contributed by atoms with Crippen LogP contribution in [0.5, 0.6) is 5.75 Å². The Hall–Kier alpha value is -2.23. The van der Waals surface area contributed by atoms with Crippen LogP contribution < -0.4 is 4.74 Å². The second kappa shape index (κ2) is 3.91. The van der Waals surface area contributed by atoms with Crippen LogP contribution in [-0.4, -0.2) is 23.6 Å². The van der Waals surface area contributed by atoms with E-state index in [1.807, 2.05) is 25.2 Å². The van der Waals surface area contributed by atoms with E-state index in [-0.39, 0.29) is 6.04 Å². The van der Waals surface area contributed by atoms with Crippen LogP contribution in [0.25, 0.3) is 0 Å². The second-order valence-corrected chi connectivity index (χ2v) is 4.41. The minimum absolute atomic E-state index is 0.309. The number of fused-ring (bicyclic) bond motifs is 2. The lowest BCUT2D eigenvalue weighted by molar-refractivity contribution is -0.474. The lowest BCUT2D eigenvalue weighted by atomic mass is 9.99. The molecular formula is C14H13N2O2+. The highest BCUT2D eigenvalue weighted by Crippen LogP contribution is 2.37. The summed E-state index contributed by atoms with van der Waals surface area (Å²) in [4.78, 5) is 16.8. The predicted molar refractivity (Wildman–Crippen MR) is 70.1 cm³/mol. The van der Waals surface area contributed by atoms with Crippen LogP contribution in [0.1, 0.15) is 6.92 Å². The fourth-order valence-corrected chi connectivity index (χ4v) is 2.19.